The molecule has 0 saturated carbocycles. The van der Waals surface area contributed by atoms with Gasteiger partial charge in [0.25, 0.3) is 5.91 Å². The van der Waals surface area contributed by atoms with E-state index in [1.165, 1.54) is 17.3 Å². The minimum Gasteiger partial charge on any atom is -0.492 e. The molecule has 0 aliphatic carbocycles. The van der Waals surface area contributed by atoms with Gasteiger partial charge in [-0.2, -0.15) is 0 Å². The second-order valence-electron chi connectivity index (χ2n) is 6.85. The molecule has 1 N–H and O–H groups in total. The molecule has 2 heterocycles. The fourth-order valence-corrected chi connectivity index (χ4v) is 4.01. The second-order valence-corrected chi connectivity index (χ2v) is 7.88. The van der Waals surface area contributed by atoms with Crippen LogP contribution in [0.3, 0.4) is 0 Å². The number of carbonyl (C=O) groups excluding carboxylic acids is 1. The van der Waals surface area contributed by atoms with Gasteiger partial charge in [0.05, 0.1) is 12.1 Å². The van der Waals surface area contributed by atoms with Crippen molar-refractivity contribution in [3.05, 3.63) is 71.4 Å². The summed E-state index contributed by atoms with van der Waals surface area (Å²) in [6.07, 6.45) is 1.70. The lowest BCUT2D eigenvalue weighted by Gasteiger charge is -2.11. The first-order valence-electron chi connectivity index (χ1n) is 9.61. The molecule has 0 fully saturated rings. The number of rotatable bonds is 7. The Kier molecular flexibility index (Phi) is 6.09. The van der Waals surface area contributed by atoms with Gasteiger partial charge >= 0.3 is 0 Å². The number of fused-ring (bicyclic) bond motifs is 1. The van der Waals surface area contributed by atoms with Crippen molar-refractivity contribution in [2.45, 2.75) is 23.8 Å². The normalized spacial score (nSPS) is 11.9. The minimum atomic E-state index is -0.176. The van der Waals surface area contributed by atoms with Gasteiger partial charge in [-0.25, -0.2) is 4.98 Å². The average Bonchev–Trinajstić information content (AvgIpc) is 3.21. The summed E-state index contributed by atoms with van der Waals surface area (Å²) < 4.78 is 16.3. The number of hydrogen-bond acceptors (Lipinski definition) is 6. The number of ether oxygens (including phenoxy) is 3. The van der Waals surface area contributed by atoms with Gasteiger partial charge in [0.2, 0.25) is 6.79 Å². The molecular formula is C23H22N2O4S. The maximum Gasteiger partial charge on any atom is 0.254 e. The molecule has 3 aromatic rings. The summed E-state index contributed by atoms with van der Waals surface area (Å²) in [5.74, 6) is 1.87. The van der Waals surface area contributed by atoms with Crippen molar-refractivity contribution in [2.75, 3.05) is 19.9 Å². The maximum absolute atomic E-state index is 12.7. The lowest BCUT2D eigenvalue weighted by molar-refractivity contribution is 0.0943. The van der Waals surface area contributed by atoms with Gasteiger partial charge in [0, 0.05) is 17.2 Å². The maximum atomic E-state index is 12.7. The van der Waals surface area contributed by atoms with Crippen LogP contribution in [0, 0.1) is 13.8 Å². The molecule has 1 aliphatic heterocycles. The van der Waals surface area contributed by atoms with Crippen LogP contribution in [0.2, 0.25) is 0 Å². The molecule has 0 unspecified atom stereocenters. The van der Waals surface area contributed by atoms with Crippen LogP contribution >= 0.6 is 11.8 Å². The third-order valence-electron chi connectivity index (χ3n) is 4.55. The minimum absolute atomic E-state index is 0.176. The Morgan fingerprint density at radius 2 is 2.00 bits per heavy atom. The van der Waals surface area contributed by atoms with Crippen molar-refractivity contribution in [3.8, 4) is 17.2 Å². The van der Waals surface area contributed by atoms with Gasteiger partial charge in [-0.15, -0.1) is 0 Å². The average molecular weight is 423 g/mol. The summed E-state index contributed by atoms with van der Waals surface area (Å²) in [7, 11) is 0. The van der Waals surface area contributed by atoms with Gasteiger partial charge in [-0.1, -0.05) is 29.5 Å². The number of aryl methyl sites for hydroxylation is 2. The van der Waals surface area contributed by atoms with E-state index in [9.17, 15) is 4.79 Å². The summed E-state index contributed by atoms with van der Waals surface area (Å²) in [5, 5.41) is 3.58. The number of aromatic nitrogens is 1. The molecule has 6 nitrogen and oxygen atoms in total. The topological polar surface area (TPSA) is 69.7 Å². The van der Waals surface area contributed by atoms with Crippen LogP contribution in [0.5, 0.6) is 17.2 Å². The third-order valence-corrected chi connectivity index (χ3v) is 5.75. The summed E-state index contributed by atoms with van der Waals surface area (Å²) >= 11 is 1.50. The van der Waals surface area contributed by atoms with Gasteiger partial charge in [-0.3, -0.25) is 4.79 Å². The van der Waals surface area contributed by atoms with Crippen LogP contribution < -0.4 is 19.5 Å². The molecule has 154 valence electrons. The van der Waals surface area contributed by atoms with Crippen molar-refractivity contribution in [2.24, 2.45) is 0 Å². The van der Waals surface area contributed by atoms with E-state index >= 15 is 0 Å². The smallest absolute Gasteiger partial charge is 0.254 e. The zero-order chi connectivity index (χ0) is 20.9. The Morgan fingerprint density at radius 1 is 1.13 bits per heavy atom. The quantitative estimate of drug-likeness (QED) is 0.570. The largest absolute Gasteiger partial charge is 0.492 e. The first-order chi connectivity index (χ1) is 14.6. The number of carbonyl (C=O) groups is 1. The molecule has 0 bridgehead atoms. The number of nitrogens with zero attached hydrogens (tertiary/aromatic N) is 1. The zero-order valence-corrected chi connectivity index (χ0v) is 17.6. The summed E-state index contributed by atoms with van der Waals surface area (Å²) in [4.78, 5) is 18.2. The number of amides is 1. The van der Waals surface area contributed by atoms with Crippen molar-refractivity contribution < 1.29 is 19.0 Å². The highest BCUT2D eigenvalue weighted by Gasteiger charge is 2.15. The van der Waals surface area contributed by atoms with Crippen LogP contribution in [-0.2, 0) is 0 Å². The van der Waals surface area contributed by atoms with Crippen LogP contribution in [0.1, 0.15) is 21.5 Å². The van der Waals surface area contributed by atoms with Gasteiger partial charge in [0.1, 0.15) is 17.4 Å². The molecule has 7 heteroatoms. The van der Waals surface area contributed by atoms with Crippen molar-refractivity contribution in [1.82, 2.24) is 10.3 Å². The molecule has 2 aromatic carbocycles. The molecular weight excluding hydrogens is 400 g/mol. The molecule has 0 atom stereocenters. The Morgan fingerprint density at radius 3 is 2.87 bits per heavy atom. The highest BCUT2D eigenvalue weighted by atomic mass is 32.2. The van der Waals surface area contributed by atoms with Crippen LogP contribution in [0.4, 0.5) is 0 Å². The summed E-state index contributed by atoms with van der Waals surface area (Å²) in [6.45, 7) is 5.06. The molecule has 1 aliphatic rings. The molecule has 30 heavy (non-hydrogen) atoms. The molecule has 0 spiro atoms. The second kappa shape index (κ2) is 9.09. The SMILES string of the molecule is Cc1ccc(Sc2ncccc2C(=O)NCCOc2ccc3c(c2)OCO3)c(C)c1. The fraction of sp³-hybridized carbons (Fsp3) is 0.217. The van der Waals surface area contributed by atoms with E-state index in [1.54, 1.807) is 24.4 Å². The summed E-state index contributed by atoms with van der Waals surface area (Å²) in [5.41, 5.74) is 2.91. The first-order valence-corrected chi connectivity index (χ1v) is 10.4. The Labute approximate surface area is 179 Å². The molecule has 1 amide bonds. The van der Waals surface area contributed by atoms with E-state index in [1.807, 2.05) is 12.1 Å². The Hall–Kier alpha value is -3.19. The van der Waals surface area contributed by atoms with E-state index in [4.69, 9.17) is 14.2 Å². The third kappa shape index (κ3) is 4.68. The number of benzene rings is 2. The number of nitrogens with one attached hydrogen (secondary N) is 1. The molecule has 4 rings (SSSR count). The lowest BCUT2D eigenvalue weighted by Crippen LogP contribution is -2.28. The Balaban J connectivity index is 1.34. The van der Waals surface area contributed by atoms with Crippen LogP contribution in [-0.4, -0.2) is 30.8 Å². The molecule has 0 radical (unpaired) electrons. The van der Waals surface area contributed by atoms with Crippen molar-refractivity contribution in [3.63, 3.8) is 0 Å². The van der Waals surface area contributed by atoms with Gasteiger partial charge < -0.3 is 19.5 Å². The first kappa shape index (κ1) is 20.1. The monoisotopic (exact) mass is 422 g/mol. The Bertz CT molecular complexity index is 1070. The molecule has 0 saturated heterocycles. The van der Waals surface area contributed by atoms with Crippen molar-refractivity contribution >= 4 is 17.7 Å². The highest BCUT2D eigenvalue weighted by molar-refractivity contribution is 7.99. The van der Waals surface area contributed by atoms with Gasteiger partial charge in [0.15, 0.2) is 11.5 Å². The zero-order valence-electron chi connectivity index (χ0n) is 16.8. The molecule has 1 aromatic heterocycles. The van der Waals surface area contributed by atoms with Crippen LogP contribution in [0.15, 0.2) is 64.6 Å². The van der Waals surface area contributed by atoms with E-state index < -0.39 is 0 Å². The van der Waals surface area contributed by atoms with E-state index in [2.05, 4.69) is 42.3 Å². The predicted octanol–water partition coefficient (Wildman–Crippen LogP) is 4.39. The fourth-order valence-electron chi connectivity index (χ4n) is 3.06. The van der Waals surface area contributed by atoms with E-state index in [0.29, 0.717) is 41.0 Å². The highest BCUT2D eigenvalue weighted by Crippen LogP contribution is 2.35. The summed E-state index contributed by atoms with van der Waals surface area (Å²) in [6, 6.07) is 15.2. The lowest BCUT2D eigenvalue weighted by atomic mass is 10.2. The van der Waals surface area contributed by atoms with E-state index in [0.717, 1.165) is 10.5 Å². The van der Waals surface area contributed by atoms with Crippen molar-refractivity contribution in [1.29, 1.82) is 0 Å². The van der Waals surface area contributed by atoms with E-state index in [-0.39, 0.29) is 12.7 Å². The predicted molar refractivity (Wildman–Crippen MR) is 115 cm³/mol. The number of hydrogen-bond donors (Lipinski definition) is 1. The van der Waals surface area contributed by atoms with Crippen LogP contribution in [0.25, 0.3) is 0 Å². The number of pyridine rings is 1. The standard InChI is InChI=1S/C23H22N2O4S/c1-15-5-8-21(16(2)12-15)30-23-18(4-3-9-25-23)22(26)24-10-11-27-17-6-7-19-20(13-17)29-14-28-19/h3-9,12-13H,10-11,14H2,1-2H3,(H,24,26). The van der Waals surface area contributed by atoms with Gasteiger partial charge in [-0.05, 0) is 49.7 Å².